The molecule has 1 aliphatic carbocycles. The van der Waals surface area contributed by atoms with Crippen LogP contribution in [-0.4, -0.2) is 36.5 Å². The monoisotopic (exact) mass is 373 g/mol. The van der Waals surface area contributed by atoms with Crippen LogP contribution in [0.3, 0.4) is 0 Å². The molecule has 0 unspecified atom stereocenters. The maximum Gasteiger partial charge on any atom is 0.326 e. The highest BCUT2D eigenvalue weighted by atomic mass is 16.5. The van der Waals surface area contributed by atoms with Crippen molar-refractivity contribution in [2.75, 3.05) is 18.5 Å². The van der Waals surface area contributed by atoms with Gasteiger partial charge in [-0.15, -0.1) is 0 Å². The van der Waals surface area contributed by atoms with Gasteiger partial charge in [0.25, 0.3) is 0 Å². The summed E-state index contributed by atoms with van der Waals surface area (Å²) in [5, 5.41) is 0. The lowest BCUT2D eigenvalue weighted by atomic mass is 9.75. The van der Waals surface area contributed by atoms with Crippen molar-refractivity contribution in [1.29, 1.82) is 0 Å². The lowest BCUT2D eigenvalue weighted by Gasteiger charge is -2.37. The van der Waals surface area contributed by atoms with Crippen molar-refractivity contribution < 1.29 is 9.53 Å². The molecule has 0 radical (unpaired) electrons. The first kappa shape index (κ1) is 21.4. The summed E-state index contributed by atoms with van der Waals surface area (Å²) in [7, 11) is 1.76. The van der Waals surface area contributed by atoms with Gasteiger partial charge in [0.15, 0.2) is 0 Å². The molecule has 150 valence electrons. The van der Waals surface area contributed by atoms with E-state index in [0.717, 1.165) is 36.3 Å². The molecule has 0 aromatic carbocycles. The molecule has 5 heteroatoms. The molecule has 0 saturated heterocycles. The Morgan fingerprint density at radius 1 is 1.41 bits per heavy atom. The average molecular weight is 374 g/mol. The Morgan fingerprint density at radius 3 is 2.74 bits per heavy atom. The van der Waals surface area contributed by atoms with E-state index in [1.54, 1.807) is 19.4 Å². The minimum atomic E-state index is -0.183. The summed E-state index contributed by atoms with van der Waals surface area (Å²) in [6.45, 7) is 10.9. The van der Waals surface area contributed by atoms with Gasteiger partial charge in [-0.2, -0.15) is 0 Å². The number of hydrogen-bond donors (Lipinski definition) is 0. The van der Waals surface area contributed by atoms with Gasteiger partial charge in [0.2, 0.25) is 0 Å². The third-order valence-electron chi connectivity index (χ3n) is 5.72. The molecule has 0 aliphatic heterocycles. The number of rotatable bonds is 6. The van der Waals surface area contributed by atoms with Crippen molar-refractivity contribution in [2.45, 2.75) is 66.4 Å². The quantitative estimate of drug-likeness (QED) is 0.414. The standard InChI is InChI=1S/C22H35N3O2/c1-7-21(23-6)25(19-13-24-11-10-17(19)5)14-22(26)27-20-12-16(4)8-9-18(20)15(2)3/h10-11,13,15-16,18,20H,7-9,12,14H2,1-6H3/t16-,18+,20-/m1/s1. The smallest absolute Gasteiger partial charge is 0.326 e. The number of anilines is 1. The van der Waals surface area contributed by atoms with Crippen LogP contribution < -0.4 is 4.90 Å². The van der Waals surface area contributed by atoms with E-state index in [2.05, 4.69) is 30.7 Å². The first-order valence-electron chi connectivity index (χ1n) is 10.2. The first-order valence-corrected chi connectivity index (χ1v) is 10.2. The minimum Gasteiger partial charge on any atom is -0.461 e. The van der Waals surface area contributed by atoms with Crippen molar-refractivity contribution in [2.24, 2.45) is 22.7 Å². The van der Waals surface area contributed by atoms with E-state index < -0.39 is 0 Å². The minimum absolute atomic E-state index is 0.0155. The molecule has 0 amide bonds. The summed E-state index contributed by atoms with van der Waals surface area (Å²) in [4.78, 5) is 23.4. The fraction of sp³-hybridized carbons (Fsp3) is 0.682. The van der Waals surface area contributed by atoms with Gasteiger partial charge >= 0.3 is 5.97 Å². The number of amidine groups is 1. The highest BCUT2D eigenvalue weighted by molar-refractivity contribution is 6.01. The molecule has 1 aromatic heterocycles. The average Bonchev–Trinajstić information content (AvgIpc) is 2.62. The summed E-state index contributed by atoms with van der Waals surface area (Å²) in [5.41, 5.74) is 1.98. The zero-order chi connectivity index (χ0) is 20.0. The molecular weight excluding hydrogens is 338 g/mol. The predicted molar refractivity (Wildman–Crippen MR) is 111 cm³/mol. The van der Waals surface area contributed by atoms with E-state index in [-0.39, 0.29) is 18.6 Å². The number of esters is 1. The third kappa shape index (κ3) is 5.53. The highest BCUT2D eigenvalue weighted by Gasteiger charge is 2.34. The second-order valence-electron chi connectivity index (χ2n) is 8.10. The Balaban J connectivity index is 2.17. The van der Waals surface area contributed by atoms with Crippen molar-refractivity contribution in [3.8, 4) is 0 Å². The molecule has 0 bridgehead atoms. The largest absolute Gasteiger partial charge is 0.461 e. The normalized spacial score (nSPS) is 23.4. The molecule has 5 nitrogen and oxygen atoms in total. The molecule has 27 heavy (non-hydrogen) atoms. The van der Waals surface area contributed by atoms with Crippen LogP contribution in [0.2, 0.25) is 0 Å². The fourth-order valence-corrected chi connectivity index (χ4v) is 4.11. The molecule has 1 aromatic rings. The Morgan fingerprint density at radius 2 is 2.15 bits per heavy atom. The van der Waals surface area contributed by atoms with Crippen LogP contribution >= 0.6 is 0 Å². The second kappa shape index (κ2) is 9.86. The zero-order valence-electron chi connectivity index (χ0n) is 17.7. The van der Waals surface area contributed by atoms with Crippen molar-refractivity contribution >= 4 is 17.5 Å². The fourth-order valence-electron chi connectivity index (χ4n) is 4.11. The van der Waals surface area contributed by atoms with Crippen molar-refractivity contribution in [1.82, 2.24) is 4.98 Å². The Hall–Kier alpha value is -1.91. The number of nitrogens with zero attached hydrogens (tertiary/aromatic N) is 3. The van der Waals surface area contributed by atoms with Crippen LogP contribution in [0.25, 0.3) is 0 Å². The van der Waals surface area contributed by atoms with Gasteiger partial charge in [0.1, 0.15) is 18.5 Å². The van der Waals surface area contributed by atoms with Crippen LogP contribution in [0, 0.1) is 24.7 Å². The van der Waals surface area contributed by atoms with Gasteiger partial charge in [-0.25, -0.2) is 0 Å². The summed E-state index contributed by atoms with van der Waals surface area (Å²) in [6, 6.07) is 1.95. The third-order valence-corrected chi connectivity index (χ3v) is 5.72. The zero-order valence-corrected chi connectivity index (χ0v) is 17.7. The first-order chi connectivity index (χ1) is 12.9. The van der Waals surface area contributed by atoms with Gasteiger partial charge in [-0.05, 0) is 49.1 Å². The van der Waals surface area contributed by atoms with E-state index >= 15 is 0 Å². The summed E-state index contributed by atoms with van der Waals surface area (Å²) < 4.78 is 6.01. The van der Waals surface area contributed by atoms with Crippen LogP contribution in [0.15, 0.2) is 23.5 Å². The Labute approximate surface area is 164 Å². The molecule has 3 atom stereocenters. The van der Waals surface area contributed by atoms with E-state index in [1.165, 1.54) is 6.42 Å². The van der Waals surface area contributed by atoms with Crippen LogP contribution in [0.5, 0.6) is 0 Å². The maximum absolute atomic E-state index is 12.9. The van der Waals surface area contributed by atoms with Crippen molar-refractivity contribution in [3.63, 3.8) is 0 Å². The second-order valence-corrected chi connectivity index (χ2v) is 8.10. The molecule has 0 spiro atoms. The number of carbonyl (C=O) groups is 1. The van der Waals surface area contributed by atoms with Gasteiger partial charge in [0, 0.05) is 19.7 Å². The Kier molecular flexibility index (Phi) is 7.81. The topological polar surface area (TPSA) is 54.8 Å². The summed E-state index contributed by atoms with van der Waals surface area (Å²) >= 11 is 0. The number of aromatic nitrogens is 1. The number of ether oxygens (including phenoxy) is 1. The van der Waals surface area contributed by atoms with E-state index in [1.807, 2.05) is 24.8 Å². The van der Waals surface area contributed by atoms with E-state index in [0.29, 0.717) is 17.8 Å². The molecule has 1 fully saturated rings. The number of aryl methyl sites for hydroxylation is 1. The van der Waals surface area contributed by atoms with E-state index in [4.69, 9.17) is 4.74 Å². The number of hydrogen-bond acceptors (Lipinski definition) is 4. The number of carbonyl (C=O) groups excluding carboxylic acids is 1. The molecule has 1 saturated carbocycles. The molecule has 1 heterocycles. The molecule has 0 N–H and O–H groups in total. The lowest BCUT2D eigenvalue weighted by Crippen LogP contribution is -2.41. The van der Waals surface area contributed by atoms with Crippen LogP contribution in [-0.2, 0) is 9.53 Å². The molecular formula is C22H35N3O2. The van der Waals surface area contributed by atoms with Crippen LogP contribution in [0.4, 0.5) is 5.69 Å². The van der Waals surface area contributed by atoms with Gasteiger partial charge in [-0.1, -0.05) is 34.1 Å². The number of pyridine rings is 1. The Bertz CT molecular complexity index is 657. The van der Waals surface area contributed by atoms with Crippen LogP contribution in [0.1, 0.15) is 58.9 Å². The van der Waals surface area contributed by atoms with Gasteiger partial charge in [-0.3, -0.25) is 14.8 Å². The van der Waals surface area contributed by atoms with E-state index in [9.17, 15) is 4.79 Å². The summed E-state index contributed by atoms with van der Waals surface area (Å²) in [6.07, 6.45) is 7.64. The maximum atomic E-state index is 12.9. The lowest BCUT2D eigenvalue weighted by molar-refractivity contribution is -0.154. The number of aliphatic imine (C=N–C) groups is 1. The van der Waals surface area contributed by atoms with Gasteiger partial charge < -0.3 is 9.64 Å². The molecule has 1 aliphatic rings. The summed E-state index contributed by atoms with van der Waals surface area (Å²) in [5.74, 6) is 2.26. The van der Waals surface area contributed by atoms with Gasteiger partial charge in [0.05, 0.1) is 11.9 Å². The predicted octanol–water partition coefficient (Wildman–Crippen LogP) is 4.64. The molecule has 2 rings (SSSR count). The highest BCUT2D eigenvalue weighted by Crippen LogP contribution is 2.35. The van der Waals surface area contributed by atoms with Crippen molar-refractivity contribution in [3.05, 3.63) is 24.0 Å². The SMILES string of the molecule is CCC(=NC)N(CC(=O)O[C@@H]1C[C@H](C)CC[C@H]1C(C)C)c1cnccc1C.